The summed E-state index contributed by atoms with van der Waals surface area (Å²) < 4.78 is 0. The number of benzene rings is 1. The number of hydrogen-bond acceptors (Lipinski definition) is 1. The summed E-state index contributed by atoms with van der Waals surface area (Å²) in [6.45, 7) is 4.89. The second kappa shape index (κ2) is 4.34. The van der Waals surface area contributed by atoms with Gasteiger partial charge in [0.05, 0.1) is 0 Å². The number of hydrogen-bond donors (Lipinski definition) is 0. The lowest BCUT2D eigenvalue weighted by molar-refractivity contribution is -0.0552. The van der Waals surface area contributed by atoms with Crippen molar-refractivity contribution < 1.29 is 0 Å². The molecule has 0 radical (unpaired) electrons. The van der Waals surface area contributed by atoms with Crippen LogP contribution in [-0.2, 0) is 11.8 Å². The van der Waals surface area contributed by atoms with Crippen LogP contribution in [0, 0.1) is 11.8 Å². The van der Waals surface area contributed by atoms with Crippen molar-refractivity contribution in [3.05, 3.63) is 35.4 Å². The van der Waals surface area contributed by atoms with Crippen molar-refractivity contribution in [2.24, 2.45) is 11.8 Å². The molecule has 20 heavy (non-hydrogen) atoms. The third-order valence-corrected chi connectivity index (χ3v) is 7.15. The van der Waals surface area contributed by atoms with E-state index in [4.69, 9.17) is 0 Å². The number of rotatable bonds is 1. The Balaban J connectivity index is 1.88. The van der Waals surface area contributed by atoms with Gasteiger partial charge in [-0.05, 0) is 74.5 Å². The Morgan fingerprint density at radius 1 is 1.30 bits per heavy atom. The Labute approximate surface area is 123 Å². The number of likely N-dealkylation sites (N-methyl/N-ethyl adjacent to an activating group) is 1. The van der Waals surface area contributed by atoms with Gasteiger partial charge < -0.3 is 0 Å². The SMILES string of the molecule is CCC12CCC3CC1C(Cc1ccccc12)N(C)C3C. The molecule has 1 nitrogen and oxygen atoms in total. The fourth-order valence-electron chi connectivity index (χ4n) is 5.84. The van der Waals surface area contributed by atoms with Gasteiger partial charge in [-0.15, -0.1) is 0 Å². The lowest BCUT2D eigenvalue weighted by Gasteiger charge is -2.61. The molecule has 5 atom stereocenters. The number of nitrogens with zero attached hydrogens (tertiary/aromatic N) is 1. The van der Waals surface area contributed by atoms with Crippen molar-refractivity contribution in [3.63, 3.8) is 0 Å². The van der Waals surface area contributed by atoms with E-state index in [0.717, 1.165) is 23.9 Å². The summed E-state index contributed by atoms with van der Waals surface area (Å²) in [6, 6.07) is 10.9. The molecule has 4 rings (SSSR count). The van der Waals surface area contributed by atoms with Gasteiger partial charge in [0.15, 0.2) is 0 Å². The third kappa shape index (κ3) is 1.48. The smallest absolute Gasteiger partial charge is 0.0172 e. The Kier molecular flexibility index (Phi) is 2.79. The molecule has 2 fully saturated rings. The third-order valence-electron chi connectivity index (χ3n) is 7.15. The highest BCUT2D eigenvalue weighted by molar-refractivity contribution is 5.40. The van der Waals surface area contributed by atoms with Gasteiger partial charge in [-0.2, -0.15) is 0 Å². The quantitative estimate of drug-likeness (QED) is 0.744. The fourth-order valence-corrected chi connectivity index (χ4v) is 5.84. The van der Waals surface area contributed by atoms with Gasteiger partial charge in [0.2, 0.25) is 0 Å². The Bertz CT molecular complexity index is 522. The molecule has 1 saturated heterocycles. The van der Waals surface area contributed by atoms with Gasteiger partial charge in [0.25, 0.3) is 0 Å². The largest absolute Gasteiger partial charge is 0.300 e. The molecule has 1 aromatic carbocycles. The van der Waals surface area contributed by atoms with E-state index in [1.807, 2.05) is 0 Å². The van der Waals surface area contributed by atoms with E-state index in [0.29, 0.717) is 5.41 Å². The average Bonchev–Trinajstić information content (AvgIpc) is 2.51. The maximum atomic E-state index is 2.72. The van der Waals surface area contributed by atoms with Gasteiger partial charge in [-0.3, -0.25) is 4.90 Å². The van der Waals surface area contributed by atoms with E-state index < -0.39 is 0 Å². The van der Waals surface area contributed by atoms with Gasteiger partial charge in [0.1, 0.15) is 0 Å². The van der Waals surface area contributed by atoms with Crippen molar-refractivity contribution in [3.8, 4) is 0 Å². The molecule has 2 bridgehead atoms. The van der Waals surface area contributed by atoms with Crippen LogP contribution in [0.4, 0.5) is 0 Å². The molecule has 0 aromatic heterocycles. The van der Waals surface area contributed by atoms with Gasteiger partial charge in [-0.1, -0.05) is 31.2 Å². The molecule has 1 saturated carbocycles. The zero-order chi connectivity index (χ0) is 13.9. The molecule has 1 aliphatic heterocycles. The molecule has 1 heterocycles. The standard InChI is InChI=1S/C19H27N/c1-4-19-10-9-14-11-17(19)18(20(3)13(14)2)12-15-7-5-6-8-16(15)19/h5-8,13-14,17-18H,4,9-12H2,1-3H3. The van der Waals surface area contributed by atoms with Gasteiger partial charge >= 0.3 is 0 Å². The van der Waals surface area contributed by atoms with Crippen molar-refractivity contribution in [1.82, 2.24) is 4.90 Å². The monoisotopic (exact) mass is 269 g/mol. The van der Waals surface area contributed by atoms with E-state index in [2.05, 4.69) is 50.1 Å². The van der Waals surface area contributed by atoms with E-state index in [1.165, 1.54) is 32.1 Å². The first-order chi connectivity index (χ1) is 9.67. The van der Waals surface area contributed by atoms with Crippen molar-refractivity contribution in [2.45, 2.75) is 63.5 Å². The zero-order valence-electron chi connectivity index (χ0n) is 13.1. The topological polar surface area (TPSA) is 3.24 Å². The molecule has 3 aliphatic rings. The highest BCUT2D eigenvalue weighted by Gasteiger charge is 2.55. The summed E-state index contributed by atoms with van der Waals surface area (Å²) in [5.74, 6) is 1.83. The lowest BCUT2D eigenvalue weighted by atomic mass is 9.50. The number of fused-ring (bicyclic) bond motifs is 3. The average molecular weight is 269 g/mol. The molecule has 0 spiro atoms. The first-order valence-electron chi connectivity index (χ1n) is 8.47. The second-order valence-electron chi connectivity index (χ2n) is 7.49. The minimum absolute atomic E-state index is 0.477. The molecular weight excluding hydrogens is 242 g/mol. The Morgan fingerprint density at radius 2 is 2.10 bits per heavy atom. The van der Waals surface area contributed by atoms with Crippen molar-refractivity contribution in [2.75, 3.05) is 7.05 Å². The summed E-state index contributed by atoms with van der Waals surface area (Å²) in [5.41, 5.74) is 3.81. The zero-order valence-corrected chi connectivity index (χ0v) is 13.1. The highest BCUT2D eigenvalue weighted by atomic mass is 15.2. The van der Waals surface area contributed by atoms with Crippen molar-refractivity contribution >= 4 is 0 Å². The van der Waals surface area contributed by atoms with Gasteiger partial charge in [0, 0.05) is 12.1 Å². The van der Waals surface area contributed by atoms with Crippen LogP contribution in [0.3, 0.4) is 0 Å². The van der Waals surface area contributed by atoms with Crippen LogP contribution in [0.15, 0.2) is 24.3 Å². The van der Waals surface area contributed by atoms with E-state index in [-0.39, 0.29) is 0 Å². The molecule has 5 unspecified atom stereocenters. The van der Waals surface area contributed by atoms with Crippen LogP contribution >= 0.6 is 0 Å². The molecular formula is C19H27N. The predicted molar refractivity (Wildman–Crippen MR) is 84.0 cm³/mol. The van der Waals surface area contributed by atoms with E-state index in [9.17, 15) is 0 Å². The summed E-state index contributed by atoms with van der Waals surface area (Å²) in [6.07, 6.45) is 6.91. The van der Waals surface area contributed by atoms with Crippen molar-refractivity contribution in [1.29, 1.82) is 0 Å². The lowest BCUT2D eigenvalue weighted by Crippen LogP contribution is -2.63. The maximum Gasteiger partial charge on any atom is 0.0172 e. The first kappa shape index (κ1) is 12.9. The van der Waals surface area contributed by atoms with E-state index in [1.54, 1.807) is 11.1 Å². The highest BCUT2D eigenvalue weighted by Crippen LogP contribution is 2.57. The molecule has 1 aromatic rings. The maximum absolute atomic E-state index is 2.72. The molecule has 0 amide bonds. The number of likely N-dealkylation sites (tertiary alicyclic amines) is 1. The molecule has 2 aliphatic carbocycles. The normalized spacial score (nSPS) is 43.1. The summed E-state index contributed by atoms with van der Waals surface area (Å²) in [7, 11) is 2.38. The van der Waals surface area contributed by atoms with E-state index >= 15 is 0 Å². The van der Waals surface area contributed by atoms with Crippen LogP contribution < -0.4 is 0 Å². The van der Waals surface area contributed by atoms with Gasteiger partial charge in [-0.25, -0.2) is 0 Å². The second-order valence-corrected chi connectivity index (χ2v) is 7.49. The molecule has 0 N–H and O–H groups in total. The molecule has 1 heteroatoms. The minimum Gasteiger partial charge on any atom is -0.300 e. The summed E-state index contributed by atoms with van der Waals surface area (Å²) in [5, 5.41) is 0. The Hall–Kier alpha value is -0.820. The van der Waals surface area contributed by atoms with Crippen LogP contribution in [0.5, 0.6) is 0 Å². The predicted octanol–water partition coefficient (Wildman–Crippen LogP) is 4.01. The number of piperidine rings is 1. The van der Waals surface area contributed by atoms with Crippen LogP contribution in [0.1, 0.15) is 50.7 Å². The summed E-state index contributed by atoms with van der Waals surface area (Å²) in [4.78, 5) is 2.72. The van der Waals surface area contributed by atoms with Crippen LogP contribution in [0.25, 0.3) is 0 Å². The fraction of sp³-hybridized carbons (Fsp3) is 0.684. The first-order valence-corrected chi connectivity index (χ1v) is 8.47. The summed E-state index contributed by atoms with van der Waals surface area (Å²) >= 11 is 0. The molecule has 108 valence electrons. The Morgan fingerprint density at radius 3 is 2.90 bits per heavy atom. The van der Waals surface area contributed by atoms with Crippen LogP contribution in [-0.4, -0.2) is 24.0 Å². The minimum atomic E-state index is 0.477. The van der Waals surface area contributed by atoms with Crippen LogP contribution in [0.2, 0.25) is 0 Å².